The summed E-state index contributed by atoms with van der Waals surface area (Å²) in [6, 6.07) is 5.84. The minimum atomic E-state index is -0.932. The smallest absolute Gasteiger partial charge is 0.0890 e. The number of hydrogen-bond donors (Lipinski definition) is 2. The van der Waals surface area contributed by atoms with Gasteiger partial charge in [0, 0.05) is 25.5 Å². The quantitative estimate of drug-likeness (QED) is 0.906. The van der Waals surface area contributed by atoms with Gasteiger partial charge in [-0.15, -0.1) is 0 Å². The molecule has 1 aromatic heterocycles. The van der Waals surface area contributed by atoms with E-state index in [4.69, 9.17) is 11.6 Å². The van der Waals surface area contributed by atoms with E-state index in [-0.39, 0.29) is 6.61 Å². The number of hydrogen-bond acceptors (Lipinski definition) is 4. The molecule has 0 bridgehead atoms. The van der Waals surface area contributed by atoms with Crippen LogP contribution in [0.2, 0.25) is 5.02 Å². The zero-order valence-corrected chi connectivity index (χ0v) is 13.6. The van der Waals surface area contributed by atoms with Gasteiger partial charge < -0.3 is 10.2 Å². The molecule has 1 aromatic carbocycles. The molecule has 2 heterocycles. The van der Waals surface area contributed by atoms with Gasteiger partial charge in [0.05, 0.1) is 28.4 Å². The predicted octanol–water partition coefficient (Wildman–Crippen LogP) is 1.94. The van der Waals surface area contributed by atoms with E-state index < -0.39 is 5.60 Å². The Kier molecular flexibility index (Phi) is 4.41. The molecule has 1 aliphatic rings. The maximum atomic E-state index is 10.2. The van der Waals surface area contributed by atoms with Crippen molar-refractivity contribution in [3.63, 3.8) is 0 Å². The number of aliphatic hydroxyl groups excluding tert-OH is 1. The summed E-state index contributed by atoms with van der Waals surface area (Å²) in [6.45, 7) is 2.19. The molecule has 0 saturated carbocycles. The summed E-state index contributed by atoms with van der Waals surface area (Å²) in [5.41, 5.74) is 1.07. The van der Waals surface area contributed by atoms with Crippen LogP contribution in [-0.4, -0.2) is 50.2 Å². The van der Waals surface area contributed by atoms with E-state index in [0.29, 0.717) is 19.4 Å². The summed E-state index contributed by atoms with van der Waals surface area (Å²) in [4.78, 5) is 2.28. The van der Waals surface area contributed by atoms with E-state index in [1.54, 1.807) is 0 Å². The molecule has 1 unspecified atom stereocenters. The highest BCUT2D eigenvalue weighted by Crippen LogP contribution is 2.28. The second-order valence-electron chi connectivity index (χ2n) is 6.22. The fourth-order valence-corrected chi connectivity index (χ4v) is 3.51. The van der Waals surface area contributed by atoms with Crippen LogP contribution in [-0.2, 0) is 13.6 Å². The van der Waals surface area contributed by atoms with E-state index in [1.807, 2.05) is 29.9 Å². The minimum Gasteiger partial charge on any atom is -0.393 e. The topological polar surface area (TPSA) is 61.5 Å². The molecule has 2 N–H and O–H groups in total. The molecule has 120 valence electrons. The summed E-state index contributed by atoms with van der Waals surface area (Å²) in [5.74, 6) is 0. The second-order valence-corrected chi connectivity index (χ2v) is 6.62. The third-order valence-electron chi connectivity index (χ3n) is 4.58. The standard InChI is InChI=1S/C16H22ClN3O2/c1-19-14-5-2-4-12(17)15(14)13(18-19)10-20-8-3-6-16(22,11-21)7-9-20/h2,4-5,21-22H,3,6-11H2,1H3. The zero-order valence-electron chi connectivity index (χ0n) is 12.8. The maximum absolute atomic E-state index is 10.2. The van der Waals surface area contributed by atoms with Crippen LogP contribution in [0.15, 0.2) is 18.2 Å². The Morgan fingerprint density at radius 3 is 2.91 bits per heavy atom. The number of halogens is 1. The highest BCUT2D eigenvalue weighted by Gasteiger charge is 2.29. The third kappa shape index (κ3) is 2.99. The molecule has 1 fully saturated rings. The SMILES string of the molecule is Cn1nc(CN2CCCC(O)(CO)CC2)c2c(Cl)cccc21. The summed E-state index contributed by atoms with van der Waals surface area (Å²) >= 11 is 6.35. The average Bonchev–Trinajstić information content (AvgIpc) is 2.70. The van der Waals surface area contributed by atoms with Crippen LogP contribution in [0.1, 0.15) is 25.0 Å². The van der Waals surface area contributed by atoms with Crippen molar-refractivity contribution in [3.05, 3.63) is 28.9 Å². The first-order valence-corrected chi connectivity index (χ1v) is 8.06. The normalized spacial score (nSPS) is 23.8. The lowest BCUT2D eigenvalue weighted by atomic mass is 9.96. The van der Waals surface area contributed by atoms with E-state index in [1.165, 1.54) is 0 Å². The Morgan fingerprint density at radius 2 is 2.14 bits per heavy atom. The van der Waals surface area contributed by atoms with Crippen LogP contribution in [0, 0.1) is 0 Å². The number of aryl methyl sites for hydroxylation is 1. The van der Waals surface area contributed by atoms with Crippen LogP contribution in [0.25, 0.3) is 10.9 Å². The van der Waals surface area contributed by atoms with Crippen molar-refractivity contribution < 1.29 is 10.2 Å². The Hall–Kier alpha value is -1.14. The molecule has 6 heteroatoms. The molecular formula is C16H22ClN3O2. The van der Waals surface area contributed by atoms with E-state index in [9.17, 15) is 10.2 Å². The maximum Gasteiger partial charge on any atom is 0.0890 e. The van der Waals surface area contributed by atoms with Gasteiger partial charge in [0.15, 0.2) is 0 Å². The predicted molar refractivity (Wildman–Crippen MR) is 86.9 cm³/mol. The van der Waals surface area contributed by atoms with Gasteiger partial charge in [-0.25, -0.2) is 0 Å². The molecular weight excluding hydrogens is 302 g/mol. The number of likely N-dealkylation sites (tertiary alicyclic amines) is 1. The van der Waals surface area contributed by atoms with Crippen LogP contribution < -0.4 is 0 Å². The van der Waals surface area contributed by atoms with Gasteiger partial charge in [-0.2, -0.15) is 5.10 Å². The third-order valence-corrected chi connectivity index (χ3v) is 4.89. The molecule has 22 heavy (non-hydrogen) atoms. The Morgan fingerprint density at radius 1 is 1.32 bits per heavy atom. The van der Waals surface area contributed by atoms with Crippen molar-refractivity contribution in [1.82, 2.24) is 14.7 Å². The van der Waals surface area contributed by atoms with E-state index in [0.717, 1.165) is 41.1 Å². The van der Waals surface area contributed by atoms with Gasteiger partial charge in [0.25, 0.3) is 0 Å². The summed E-state index contributed by atoms with van der Waals surface area (Å²) in [7, 11) is 1.93. The van der Waals surface area contributed by atoms with Crippen LogP contribution in [0.3, 0.4) is 0 Å². The highest BCUT2D eigenvalue weighted by atomic mass is 35.5. The lowest BCUT2D eigenvalue weighted by molar-refractivity contribution is -0.0255. The fourth-order valence-electron chi connectivity index (χ4n) is 3.23. The second kappa shape index (κ2) is 6.16. The van der Waals surface area contributed by atoms with Gasteiger partial charge in [-0.1, -0.05) is 17.7 Å². The zero-order chi connectivity index (χ0) is 15.7. The molecule has 5 nitrogen and oxygen atoms in total. The lowest BCUT2D eigenvalue weighted by Gasteiger charge is -2.24. The lowest BCUT2D eigenvalue weighted by Crippen LogP contribution is -2.34. The Bertz CT molecular complexity index is 673. The van der Waals surface area contributed by atoms with Gasteiger partial charge >= 0.3 is 0 Å². The van der Waals surface area contributed by atoms with Crippen molar-refractivity contribution in [2.45, 2.75) is 31.4 Å². The van der Waals surface area contributed by atoms with Crippen molar-refractivity contribution >= 4 is 22.5 Å². The van der Waals surface area contributed by atoms with E-state index >= 15 is 0 Å². The average molecular weight is 324 g/mol. The number of aliphatic hydroxyl groups is 2. The van der Waals surface area contributed by atoms with Crippen molar-refractivity contribution in [2.24, 2.45) is 7.05 Å². The van der Waals surface area contributed by atoms with Gasteiger partial charge in [-0.05, 0) is 37.9 Å². The molecule has 1 saturated heterocycles. The number of rotatable bonds is 3. The van der Waals surface area contributed by atoms with Gasteiger partial charge in [0.2, 0.25) is 0 Å². The van der Waals surface area contributed by atoms with Crippen LogP contribution >= 0.6 is 11.6 Å². The van der Waals surface area contributed by atoms with E-state index in [2.05, 4.69) is 10.00 Å². The molecule has 1 atom stereocenters. The minimum absolute atomic E-state index is 0.167. The molecule has 0 amide bonds. The fraction of sp³-hybridized carbons (Fsp3) is 0.562. The summed E-state index contributed by atoms with van der Waals surface area (Å²) in [6.07, 6.45) is 2.10. The van der Waals surface area contributed by atoms with Crippen molar-refractivity contribution in [2.75, 3.05) is 19.7 Å². The molecule has 0 spiro atoms. The first-order valence-electron chi connectivity index (χ1n) is 7.68. The summed E-state index contributed by atoms with van der Waals surface area (Å²) < 4.78 is 1.86. The summed E-state index contributed by atoms with van der Waals surface area (Å²) in [5, 5.41) is 25.9. The number of aromatic nitrogens is 2. The molecule has 3 rings (SSSR count). The largest absolute Gasteiger partial charge is 0.393 e. The van der Waals surface area contributed by atoms with Gasteiger partial charge in [0.1, 0.15) is 0 Å². The molecule has 0 radical (unpaired) electrons. The molecule has 0 aliphatic carbocycles. The molecule has 2 aromatic rings. The van der Waals surface area contributed by atoms with Crippen LogP contribution in [0.5, 0.6) is 0 Å². The molecule has 1 aliphatic heterocycles. The van der Waals surface area contributed by atoms with Gasteiger partial charge in [-0.3, -0.25) is 9.58 Å². The monoisotopic (exact) mass is 323 g/mol. The van der Waals surface area contributed by atoms with Crippen molar-refractivity contribution in [3.8, 4) is 0 Å². The number of nitrogens with zero attached hydrogens (tertiary/aromatic N) is 3. The van der Waals surface area contributed by atoms with Crippen molar-refractivity contribution in [1.29, 1.82) is 0 Å². The number of benzene rings is 1. The Balaban J connectivity index is 1.82. The number of fused-ring (bicyclic) bond motifs is 1. The Labute approximate surface area is 135 Å². The van der Waals surface area contributed by atoms with Crippen LogP contribution in [0.4, 0.5) is 0 Å². The highest BCUT2D eigenvalue weighted by molar-refractivity contribution is 6.35. The first kappa shape index (κ1) is 15.7. The first-order chi connectivity index (χ1) is 10.5.